The number of carbonyl (C=O) groups is 1. The van der Waals surface area contributed by atoms with Gasteiger partial charge in [0.05, 0.1) is 6.10 Å². The van der Waals surface area contributed by atoms with Gasteiger partial charge in [-0.2, -0.15) is 0 Å². The Labute approximate surface area is 156 Å². The number of aldehydes is 1. The third-order valence-electron chi connectivity index (χ3n) is 4.64. The zero-order chi connectivity index (χ0) is 18.9. The molecule has 2 aliphatic heterocycles. The number of aliphatic hydroxyl groups excluding tert-OH is 2. The van der Waals surface area contributed by atoms with Crippen molar-refractivity contribution in [2.45, 2.75) is 37.0 Å². The lowest BCUT2D eigenvalue weighted by atomic mass is 10.00. The summed E-state index contributed by atoms with van der Waals surface area (Å²) in [4.78, 5) is 10.8. The quantitative estimate of drug-likeness (QED) is 0.790. The summed E-state index contributed by atoms with van der Waals surface area (Å²) >= 11 is 0. The summed E-state index contributed by atoms with van der Waals surface area (Å²) < 4.78 is 23.2. The molecule has 0 radical (unpaired) electrons. The predicted molar refractivity (Wildman–Crippen MR) is 92.9 cm³/mol. The van der Waals surface area contributed by atoms with E-state index in [1.165, 1.54) is 0 Å². The molecule has 0 aromatic heterocycles. The first kappa shape index (κ1) is 18.1. The van der Waals surface area contributed by atoms with Crippen molar-refractivity contribution in [2.75, 3.05) is 6.61 Å². The van der Waals surface area contributed by atoms with Crippen LogP contribution in [0.3, 0.4) is 0 Å². The van der Waals surface area contributed by atoms with Gasteiger partial charge in [-0.05, 0) is 24.3 Å². The highest BCUT2D eigenvalue weighted by atomic mass is 16.9. The molecule has 4 unspecified atom stereocenters. The fourth-order valence-electron chi connectivity index (χ4n) is 3.21. The lowest BCUT2D eigenvalue weighted by Crippen LogP contribution is -2.57. The molecule has 2 aromatic carbocycles. The number of hydrogen-bond donors (Lipinski definition) is 2. The molecule has 0 amide bonds. The zero-order valence-corrected chi connectivity index (χ0v) is 14.4. The molecule has 0 aliphatic carbocycles. The maximum Gasteiger partial charge on any atom is 0.231 e. The van der Waals surface area contributed by atoms with Crippen molar-refractivity contribution in [1.82, 2.24) is 0 Å². The molecular weight excluding hydrogens is 352 g/mol. The highest BCUT2D eigenvalue weighted by molar-refractivity contribution is 5.74. The van der Waals surface area contributed by atoms with E-state index in [9.17, 15) is 15.0 Å². The van der Waals surface area contributed by atoms with Crippen LogP contribution in [-0.4, -0.2) is 47.4 Å². The fourth-order valence-corrected chi connectivity index (χ4v) is 3.21. The lowest BCUT2D eigenvalue weighted by Gasteiger charge is -2.41. The van der Waals surface area contributed by atoms with Crippen molar-refractivity contribution < 1.29 is 34.0 Å². The monoisotopic (exact) mass is 372 g/mol. The molecule has 142 valence electrons. The smallest absolute Gasteiger partial charge is 0.231 e. The molecule has 27 heavy (non-hydrogen) atoms. The Balaban J connectivity index is 1.49. The molecule has 2 heterocycles. The molecule has 5 atom stereocenters. The minimum atomic E-state index is -1.25. The summed E-state index contributed by atoms with van der Waals surface area (Å²) in [5, 5.41) is 20.6. The first-order valence-corrected chi connectivity index (χ1v) is 8.69. The molecule has 0 bridgehead atoms. The van der Waals surface area contributed by atoms with Gasteiger partial charge in [-0.1, -0.05) is 30.3 Å². The van der Waals surface area contributed by atoms with Crippen LogP contribution in [0.2, 0.25) is 0 Å². The first-order chi connectivity index (χ1) is 13.1. The average molecular weight is 372 g/mol. The van der Waals surface area contributed by atoms with Crippen LogP contribution < -0.4 is 4.74 Å². The standard InChI is InChI=1S/C20H20O7/c21-11-13-6-8-15(9-7-13)25-19-17(23)16(22)10-20(27-19)12-24-18(26-20)14-4-2-1-3-5-14/h1-9,11,16-19,22-23H,10,12H2/t16?,17?,18?,19-,20?/m1/s1. The van der Waals surface area contributed by atoms with Crippen LogP contribution in [0.5, 0.6) is 5.75 Å². The Kier molecular flexibility index (Phi) is 4.94. The Morgan fingerprint density at radius 2 is 1.78 bits per heavy atom. The van der Waals surface area contributed by atoms with Crippen LogP contribution in [0.1, 0.15) is 28.6 Å². The highest BCUT2D eigenvalue weighted by Crippen LogP contribution is 2.41. The summed E-state index contributed by atoms with van der Waals surface area (Å²) in [6.07, 6.45) is -3.34. The van der Waals surface area contributed by atoms with E-state index < -0.39 is 30.6 Å². The number of ether oxygens (including phenoxy) is 4. The summed E-state index contributed by atoms with van der Waals surface area (Å²) in [7, 11) is 0. The van der Waals surface area contributed by atoms with Crippen LogP contribution >= 0.6 is 0 Å². The molecular formula is C20H20O7. The van der Waals surface area contributed by atoms with Crippen molar-refractivity contribution in [2.24, 2.45) is 0 Å². The maximum atomic E-state index is 10.8. The van der Waals surface area contributed by atoms with Crippen LogP contribution in [0.15, 0.2) is 54.6 Å². The van der Waals surface area contributed by atoms with Crippen molar-refractivity contribution in [3.05, 3.63) is 65.7 Å². The normalized spacial score (nSPS) is 33.1. The Bertz CT molecular complexity index is 779. The zero-order valence-electron chi connectivity index (χ0n) is 14.4. The van der Waals surface area contributed by atoms with E-state index in [2.05, 4.69) is 0 Å². The fraction of sp³-hybridized carbons (Fsp3) is 0.350. The summed E-state index contributed by atoms with van der Waals surface area (Å²) in [5.74, 6) is -0.820. The van der Waals surface area contributed by atoms with Crippen LogP contribution in [0.4, 0.5) is 0 Å². The van der Waals surface area contributed by atoms with Gasteiger partial charge in [0.25, 0.3) is 0 Å². The van der Waals surface area contributed by atoms with Gasteiger partial charge in [-0.3, -0.25) is 4.79 Å². The molecule has 2 N–H and O–H groups in total. The molecule has 4 rings (SSSR count). The average Bonchev–Trinajstić information content (AvgIpc) is 3.10. The number of benzene rings is 2. The van der Waals surface area contributed by atoms with Gasteiger partial charge in [0, 0.05) is 17.5 Å². The molecule has 0 saturated carbocycles. The molecule has 7 nitrogen and oxygen atoms in total. The van der Waals surface area contributed by atoms with Gasteiger partial charge in [0.1, 0.15) is 24.7 Å². The second kappa shape index (κ2) is 7.38. The number of carbonyl (C=O) groups excluding carboxylic acids is 1. The van der Waals surface area contributed by atoms with E-state index in [0.29, 0.717) is 11.3 Å². The SMILES string of the molecule is O=Cc1ccc(O[C@@H]2OC3(COC(c4ccccc4)O3)CC(O)C2O)cc1. The molecule has 2 aromatic rings. The molecule has 1 spiro atoms. The summed E-state index contributed by atoms with van der Waals surface area (Å²) in [6.45, 7) is 0.0975. The van der Waals surface area contributed by atoms with Crippen LogP contribution in [0, 0.1) is 0 Å². The predicted octanol–water partition coefficient (Wildman–Crippen LogP) is 1.79. The van der Waals surface area contributed by atoms with E-state index in [-0.39, 0.29) is 13.0 Å². The lowest BCUT2D eigenvalue weighted by molar-refractivity contribution is -0.343. The Hall–Kier alpha value is -2.29. The first-order valence-electron chi connectivity index (χ1n) is 8.69. The van der Waals surface area contributed by atoms with Crippen LogP contribution in [0.25, 0.3) is 0 Å². The summed E-state index contributed by atoms with van der Waals surface area (Å²) in [6, 6.07) is 15.8. The van der Waals surface area contributed by atoms with Gasteiger partial charge in [-0.15, -0.1) is 0 Å². The Morgan fingerprint density at radius 1 is 1.04 bits per heavy atom. The van der Waals surface area contributed by atoms with Crippen LogP contribution in [-0.2, 0) is 14.2 Å². The number of rotatable bonds is 4. The number of aliphatic hydroxyl groups is 2. The molecule has 7 heteroatoms. The second-order valence-electron chi connectivity index (χ2n) is 6.64. The van der Waals surface area contributed by atoms with Crippen molar-refractivity contribution >= 4 is 6.29 Å². The molecule has 2 aliphatic rings. The largest absolute Gasteiger partial charge is 0.462 e. The van der Waals surface area contributed by atoms with E-state index in [1.54, 1.807) is 24.3 Å². The highest BCUT2D eigenvalue weighted by Gasteiger charge is 2.53. The van der Waals surface area contributed by atoms with E-state index in [1.807, 2.05) is 30.3 Å². The van der Waals surface area contributed by atoms with E-state index >= 15 is 0 Å². The van der Waals surface area contributed by atoms with E-state index in [4.69, 9.17) is 18.9 Å². The third-order valence-corrected chi connectivity index (χ3v) is 4.64. The minimum Gasteiger partial charge on any atom is -0.462 e. The molecule has 2 fully saturated rings. The topological polar surface area (TPSA) is 94.5 Å². The third kappa shape index (κ3) is 3.73. The van der Waals surface area contributed by atoms with E-state index in [0.717, 1.165) is 11.8 Å². The molecule has 2 saturated heterocycles. The van der Waals surface area contributed by atoms with Crippen molar-refractivity contribution in [3.8, 4) is 5.75 Å². The van der Waals surface area contributed by atoms with Gasteiger partial charge in [0.15, 0.2) is 6.29 Å². The minimum absolute atomic E-state index is 0.0570. The van der Waals surface area contributed by atoms with Gasteiger partial charge < -0.3 is 29.2 Å². The second-order valence-corrected chi connectivity index (χ2v) is 6.64. The van der Waals surface area contributed by atoms with Gasteiger partial charge in [0.2, 0.25) is 12.1 Å². The van der Waals surface area contributed by atoms with Gasteiger partial charge >= 0.3 is 0 Å². The van der Waals surface area contributed by atoms with Crippen molar-refractivity contribution in [3.63, 3.8) is 0 Å². The Morgan fingerprint density at radius 3 is 2.48 bits per heavy atom. The van der Waals surface area contributed by atoms with Gasteiger partial charge in [-0.25, -0.2) is 0 Å². The maximum absolute atomic E-state index is 10.8. The summed E-state index contributed by atoms with van der Waals surface area (Å²) in [5.41, 5.74) is 1.34. The van der Waals surface area contributed by atoms with Crippen molar-refractivity contribution in [1.29, 1.82) is 0 Å². The number of hydrogen-bond acceptors (Lipinski definition) is 7.